The number of nitrogens with one attached hydrogen (secondary N) is 2. The summed E-state index contributed by atoms with van der Waals surface area (Å²) in [5.41, 5.74) is 10.9. The number of nitrogens with zero attached hydrogens (tertiary/aromatic N) is 1. The van der Waals surface area contributed by atoms with E-state index in [9.17, 15) is 0 Å². The summed E-state index contributed by atoms with van der Waals surface area (Å²) in [6.45, 7) is 2.35. The van der Waals surface area contributed by atoms with Crippen LogP contribution in [0.15, 0.2) is 115 Å². The van der Waals surface area contributed by atoms with Crippen molar-refractivity contribution in [3.63, 3.8) is 0 Å². The maximum absolute atomic E-state index is 4.00. The Kier molecular flexibility index (Phi) is 5.06. The van der Waals surface area contributed by atoms with Crippen molar-refractivity contribution in [2.24, 2.45) is 5.92 Å². The van der Waals surface area contributed by atoms with Crippen LogP contribution in [0.4, 0.5) is 5.69 Å². The lowest BCUT2D eigenvalue weighted by Crippen LogP contribution is -3.05. The van der Waals surface area contributed by atoms with Crippen LogP contribution < -0.4 is 10.2 Å². The molecule has 3 aliphatic carbocycles. The van der Waals surface area contributed by atoms with Gasteiger partial charge in [-0.05, 0) is 90.9 Å². The summed E-state index contributed by atoms with van der Waals surface area (Å²) in [6.07, 6.45) is 10.0. The zero-order chi connectivity index (χ0) is 28.2. The highest BCUT2D eigenvalue weighted by molar-refractivity contribution is 7.20. The number of rotatable bonds is 3. The Bertz CT molecular complexity index is 2160. The smallest absolute Gasteiger partial charge is 0.196 e. The van der Waals surface area contributed by atoms with Crippen LogP contribution >= 0.6 is 11.3 Å². The molecule has 2 N–H and O–H groups in total. The third-order valence-corrected chi connectivity index (χ3v) is 12.2. The molecule has 3 nitrogen and oxygen atoms in total. The zero-order valence-electron chi connectivity index (χ0n) is 24.3. The van der Waals surface area contributed by atoms with E-state index >= 15 is 0 Å². The molecule has 0 saturated heterocycles. The molecule has 0 radical (unpaired) electrons. The van der Waals surface area contributed by atoms with Crippen LogP contribution in [0.1, 0.15) is 66.6 Å². The van der Waals surface area contributed by atoms with Gasteiger partial charge in [0.1, 0.15) is 5.69 Å². The predicted octanol–water partition coefficient (Wildman–Crippen LogP) is 8.99. The molecule has 10 rings (SSSR count). The van der Waals surface area contributed by atoms with Gasteiger partial charge in [0.15, 0.2) is 11.9 Å². The lowest BCUT2D eigenvalue weighted by molar-refractivity contribution is -0.819. The average Bonchev–Trinajstić information content (AvgIpc) is 3.86. The largest absolute Gasteiger partial charge is 0.330 e. The third-order valence-electron chi connectivity index (χ3n) is 10.8. The highest BCUT2D eigenvalue weighted by atomic mass is 32.1. The van der Waals surface area contributed by atoms with Crippen LogP contribution in [-0.4, -0.2) is 4.57 Å². The fourth-order valence-corrected chi connectivity index (χ4v) is 10.5. The van der Waals surface area contributed by atoms with Crippen molar-refractivity contribution < 1.29 is 4.90 Å². The minimum absolute atomic E-state index is 0.119. The number of hydrogen-bond acceptors (Lipinski definition) is 2. The number of para-hydroxylation sites is 2. The first-order chi connectivity index (χ1) is 21.2. The van der Waals surface area contributed by atoms with Gasteiger partial charge >= 0.3 is 0 Å². The molecule has 1 saturated carbocycles. The molecule has 5 atom stereocenters. The SMILES string of the molecule is CC1CC=CC2=C1NC(c1cccc(-n3c4ccccc4c4c5sc6c(c5ccc43)C3CCC6C3)c1)[NH+]2c1ccccc1. The van der Waals surface area contributed by atoms with Crippen molar-refractivity contribution >= 4 is 48.9 Å². The van der Waals surface area contributed by atoms with Crippen LogP contribution in [0.3, 0.4) is 0 Å². The molecule has 3 heterocycles. The topological polar surface area (TPSA) is 21.4 Å². The Morgan fingerprint density at radius 2 is 1.70 bits per heavy atom. The molecule has 2 aromatic heterocycles. The van der Waals surface area contributed by atoms with Crippen LogP contribution in [-0.2, 0) is 0 Å². The van der Waals surface area contributed by atoms with Gasteiger partial charge in [-0.2, -0.15) is 0 Å². The fourth-order valence-electron chi connectivity index (χ4n) is 8.86. The van der Waals surface area contributed by atoms with Gasteiger partial charge in [0.2, 0.25) is 0 Å². The predicted molar refractivity (Wildman–Crippen MR) is 178 cm³/mol. The second-order valence-electron chi connectivity index (χ2n) is 13.1. The van der Waals surface area contributed by atoms with Gasteiger partial charge in [-0.1, -0.05) is 67.6 Å². The van der Waals surface area contributed by atoms with E-state index in [0.29, 0.717) is 5.92 Å². The second-order valence-corrected chi connectivity index (χ2v) is 14.1. The maximum Gasteiger partial charge on any atom is 0.196 e. The number of hydrogen-bond donors (Lipinski definition) is 2. The van der Waals surface area contributed by atoms with E-state index in [1.54, 1.807) is 10.4 Å². The molecule has 2 bridgehead atoms. The molecular formula is C39H34N3S+. The monoisotopic (exact) mass is 576 g/mol. The summed E-state index contributed by atoms with van der Waals surface area (Å²) in [7, 11) is 0. The molecule has 4 aromatic carbocycles. The molecule has 6 aromatic rings. The number of allylic oxidation sites excluding steroid dienone is 3. The van der Waals surface area contributed by atoms with E-state index in [1.165, 1.54) is 84.4 Å². The minimum atomic E-state index is 0.119. The van der Waals surface area contributed by atoms with E-state index < -0.39 is 0 Å². The van der Waals surface area contributed by atoms with Crippen molar-refractivity contribution in [1.82, 2.24) is 9.88 Å². The maximum atomic E-state index is 4.00. The van der Waals surface area contributed by atoms with Crippen molar-refractivity contribution in [3.05, 3.63) is 131 Å². The second kappa shape index (κ2) is 8.95. The normalized spacial score (nSPS) is 25.7. The summed E-state index contributed by atoms with van der Waals surface area (Å²) in [6, 6.07) is 34.1. The van der Waals surface area contributed by atoms with Gasteiger partial charge in [-0.15, -0.1) is 11.3 Å². The van der Waals surface area contributed by atoms with E-state index in [0.717, 1.165) is 18.3 Å². The molecular weight excluding hydrogens is 543 g/mol. The first-order valence-corrected chi connectivity index (χ1v) is 16.7. The molecule has 5 unspecified atom stereocenters. The van der Waals surface area contributed by atoms with E-state index in [2.05, 4.69) is 131 Å². The number of quaternary nitrogens is 1. The van der Waals surface area contributed by atoms with Gasteiger partial charge in [-0.25, -0.2) is 4.90 Å². The molecule has 0 spiro atoms. The molecule has 1 aliphatic heterocycles. The van der Waals surface area contributed by atoms with Gasteiger partial charge in [-0.3, -0.25) is 0 Å². The summed E-state index contributed by atoms with van der Waals surface area (Å²) in [5.74, 6) is 2.07. The Hall–Kier alpha value is -4.12. The third kappa shape index (κ3) is 3.34. The Morgan fingerprint density at radius 3 is 2.63 bits per heavy atom. The van der Waals surface area contributed by atoms with Crippen molar-refractivity contribution in [2.45, 2.75) is 50.6 Å². The van der Waals surface area contributed by atoms with Crippen molar-refractivity contribution in [3.8, 4) is 5.69 Å². The van der Waals surface area contributed by atoms with Crippen LogP contribution in [0.5, 0.6) is 0 Å². The summed E-state index contributed by atoms with van der Waals surface area (Å²) in [4.78, 5) is 3.08. The van der Waals surface area contributed by atoms with Gasteiger partial charge < -0.3 is 9.88 Å². The molecule has 210 valence electrons. The Morgan fingerprint density at radius 1 is 0.837 bits per heavy atom. The summed E-state index contributed by atoms with van der Waals surface area (Å²) in [5, 5.41) is 8.32. The van der Waals surface area contributed by atoms with Crippen LogP contribution in [0, 0.1) is 5.92 Å². The van der Waals surface area contributed by atoms with E-state index in [-0.39, 0.29) is 6.17 Å². The number of aromatic nitrogens is 1. The molecule has 1 fully saturated rings. The quantitative estimate of drug-likeness (QED) is 0.216. The highest BCUT2D eigenvalue weighted by Crippen LogP contribution is 2.59. The van der Waals surface area contributed by atoms with Gasteiger partial charge in [0.05, 0.1) is 16.7 Å². The minimum Gasteiger partial charge on any atom is -0.330 e. The summed E-state index contributed by atoms with van der Waals surface area (Å²) < 4.78 is 4.01. The van der Waals surface area contributed by atoms with Crippen LogP contribution in [0.25, 0.3) is 37.6 Å². The first kappa shape index (κ1) is 24.3. The number of benzene rings is 4. The molecule has 4 heteroatoms. The standard InChI is InChI=1S/C39H33N3S/c1-23-9-7-16-33-36(23)40-39(42(33)27-11-3-2-4-12-27)26-10-8-13-28(22-26)41-31-15-6-5-14-29(31)35-32(41)20-19-30-34-24-17-18-25(21-24)37(34)43-38(30)35/h2-8,10-16,19-20,22-25,39-40H,9,17-18,21H2,1H3/p+1. The van der Waals surface area contributed by atoms with Gasteiger partial charge in [0.25, 0.3) is 0 Å². The lowest BCUT2D eigenvalue weighted by Gasteiger charge is -2.23. The van der Waals surface area contributed by atoms with E-state index in [4.69, 9.17) is 0 Å². The molecule has 4 aliphatic rings. The Balaban J connectivity index is 1.16. The average molecular weight is 577 g/mol. The lowest BCUT2D eigenvalue weighted by atomic mass is 9.95. The van der Waals surface area contributed by atoms with Crippen molar-refractivity contribution in [2.75, 3.05) is 0 Å². The van der Waals surface area contributed by atoms with Crippen molar-refractivity contribution in [1.29, 1.82) is 0 Å². The number of fused-ring (bicyclic) bond motifs is 11. The molecule has 43 heavy (non-hydrogen) atoms. The van der Waals surface area contributed by atoms with Gasteiger partial charge in [0, 0.05) is 37.5 Å². The Labute approximate surface area is 255 Å². The van der Waals surface area contributed by atoms with Crippen LogP contribution in [0.2, 0.25) is 0 Å². The number of thiophene rings is 1. The highest BCUT2D eigenvalue weighted by Gasteiger charge is 2.42. The van der Waals surface area contributed by atoms with E-state index in [1.807, 2.05) is 0 Å². The molecule has 0 amide bonds. The summed E-state index contributed by atoms with van der Waals surface area (Å²) >= 11 is 2.10. The first-order valence-electron chi connectivity index (χ1n) is 15.9. The fraction of sp³-hybridized carbons (Fsp3) is 0.231. The zero-order valence-corrected chi connectivity index (χ0v) is 25.1.